The second-order valence-electron chi connectivity index (χ2n) is 9.76. The number of benzene rings is 1. The van der Waals surface area contributed by atoms with Crippen LogP contribution in [0, 0.1) is 0 Å². The van der Waals surface area contributed by atoms with E-state index < -0.39 is 13.9 Å². The zero-order valence-electron chi connectivity index (χ0n) is 21.9. The lowest BCUT2D eigenvalue weighted by Crippen LogP contribution is -2.42. The van der Waals surface area contributed by atoms with Gasteiger partial charge in [-0.15, -0.1) is 0 Å². The third kappa shape index (κ3) is 8.51. The van der Waals surface area contributed by atoms with Crippen molar-refractivity contribution in [2.24, 2.45) is 0 Å². The van der Waals surface area contributed by atoms with Gasteiger partial charge in [0.1, 0.15) is 5.60 Å². The van der Waals surface area contributed by atoms with Crippen LogP contribution in [0.15, 0.2) is 41.0 Å². The van der Waals surface area contributed by atoms with E-state index in [-0.39, 0.29) is 16.8 Å². The molecule has 0 fully saturated rings. The Bertz CT molecular complexity index is 949. The molecule has 0 amide bonds. The van der Waals surface area contributed by atoms with Crippen LogP contribution < -0.4 is 9.47 Å². The first-order valence-electron chi connectivity index (χ1n) is 12.2. The molecular formula is C27H39ClO6Si. The van der Waals surface area contributed by atoms with Gasteiger partial charge in [0.15, 0.2) is 19.8 Å². The highest BCUT2D eigenvalue weighted by atomic mass is 35.5. The fraction of sp³-hybridized carbons (Fsp3) is 0.556. The smallest absolute Gasteiger partial charge is 0.305 e. The fourth-order valence-corrected chi connectivity index (χ4v) is 5.99. The fourth-order valence-electron chi connectivity index (χ4n) is 4.35. The maximum absolute atomic E-state index is 13.0. The molecular weight excluding hydrogens is 484 g/mol. The van der Waals surface area contributed by atoms with Crippen LogP contribution in [0.1, 0.15) is 50.5 Å². The Hall–Kier alpha value is -2.09. The number of methoxy groups -OCH3 is 3. The van der Waals surface area contributed by atoms with Crippen molar-refractivity contribution >= 4 is 31.7 Å². The molecule has 0 N–H and O–H groups in total. The second kappa shape index (κ2) is 13.3. The summed E-state index contributed by atoms with van der Waals surface area (Å²) in [5, 5.41) is 0.228. The van der Waals surface area contributed by atoms with Crippen molar-refractivity contribution in [3.05, 3.63) is 46.5 Å². The van der Waals surface area contributed by atoms with Gasteiger partial charge in [0.05, 0.1) is 26.4 Å². The van der Waals surface area contributed by atoms with Crippen LogP contribution in [0.25, 0.3) is 0 Å². The van der Waals surface area contributed by atoms with E-state index in [2.05, 4.69) is 24.4 Å². The number of esters is 1. The zero-order valence-corrected chi connectivity index (χ0v) is 23.6. The Morgan fingerprint density at radius 2 is 1.74 bits per heavy atom. The quantitative estimate of drug-likeness (QED) is 0.122. The number of hydrogen-bond donors (Lipinski definition) is 0. The lowest BCUT2D eigenvalue weighted by molar-refractivity contribution is -0.140. The Morgan fingerprint density at radius 3 is 2.37 bits per heavy atom. The van der Waals surface area contributed by atoms with E-state index in [1.807, 2.05) is 30.4 Å². The van der Waals surface area contributed by atoms with E-state index in [0.29, 0.717) is 29.9 Å². The van der Waals surface area contributed by atoms with Gasteiger partial charge in [-0.25, -0.2) is 0 Å². The monoisotopic (exact) mass is 522 g/mol. The highest BCUT2D eigenvalue weighted by Gasteiger charge is 2.45. The molecule has 2 rings (SSSR count). The highest BCUT2D eigenvalue weighted by Crippen LogP contribution is 2.42. The molecule has 0 bridgehead atoms. The summed E-state index contributed by atoms with van der Waals surface area (Å²) >= 11 is 6.38. The Morgan fingerprint density at radius 1 is 1.03 bits per heavy atom. The number of allylic oxidation sites excluding steroid dienone is 2. The topological polar surface area (TPSA) is 71.1 Å². The summed E-state index contributed by atoms with van der Waals surface area (Å²) in [7, 11) is 2.64. The molecule has 1 aliphatic rings. The van der Waals surface area contributed by atoms with Gasteiger partial charge in [-0.1, -0.05) is 30.2 Å². The number of carbonyl (C=O) groups excluding carboxylic acids is 2. The normalized spacial score (nSPS) is 19.1. The molecule has 0 spiro atoms. The number of aryl methyl sites for hydroxylation is 1. The van der Waals surface area contributed by atoms with Crippen molar-refractivity contribution in [3.63, 3.8) is 0 Å². The molecule has 0 saturated heterocycles. The van der Waals surface area contributed by atoms with Crippen molar-refractivity contribution in [1.29, 1.82) is 0 Å². The molecule has 1 aliphatic carbocycles. The first kappa shape index (κ1) is 29.1. The summed E-state index contributed by atoms with van der Waals surface area (Å²) in [4.78, 5) is 24.3. The van der Waals surface area contributed by atoms with Crippen LogP contribution in [-0.2, 0) is 25.2 Å². The number of hydrogen-bond acceptors (Lipinski definition) is 6. The van der Waals surface area contributed by atoms with Crippen molar-refractivity contribution in [1.82, 2.24) is 0 Å². The van der Waals surface area contributed by atoms with Crippen LogP contribution >= 0.6 is 11.6 Å². The van der Waals surface area contributed by atoms with Crippen LogP contribution in [0.4, 0.5) is 0 Å². The van der Waals surface area contributed by atoms with Gasteiger partial charge in [-0.2, -0.15) is 0 Å². The third-order valence-electron chi connectivity index (χ3n) is 5.89. The van der Waals surface area contributed by atoms with E-state index in [0.717, 1.165) is 44.1 Å². The lowest BCUT2D eigenvalue weighted by atomic mass is 9.89. The number of ether oxygens (including phenoxy) is 3. The number of unbranched alkanes of at least 4 members (excludes halogenated alkanes) is 3. The largest absolute Gasteiger partial charge is 0.493 e. The minimum absolute atomic E-state index is 0.148. The molecule has 0 heterocycles. The van der Waals surface area contributed by atoms with Crippen molar-refractivity contribution in [2.75, 3.05) is 21.3 Å². The number of carbonyl (C=O) groups is 2. The average Bonchev–Trinajstić information content (AvgIpc) is 3.03. The number of ketones is 1. The van der Waals surface area contributed by atoms with Gasteiger partial charge >= 0.3 is 5.97 Å². The number of rotatable bonds is 14. The summed E-state index contributed by atoms with van der Waals surface area (Å²) in [6, 6.07) is 5.92. The Labute approximate surface area is 215 Å². The molecule has 0 aliphatic heterocycles. The molecule has 0 radical (unpaired) electrons. The van der Waals surface area contributed by atoms with Crippen molar-refractivity contribution in [3.8, 4) is 11.5 Å². The van der Waals surface area contributed by atoms with Gasteiger partial charge in [-0.05, 0) is 81.9 Å². The molecule has 194 valence electrons. The van der Waals surface area contributed by atoms with Crippen LogP contribution in [-0.4, -0.2) is 47.0 Å². The standard InChI is InChI=1S/C27H39ClO6Si/c1-31-23-16-15-20(18-24(23)32-2)12-11-17-27(34-35(4,5)6)19-22(28)26(30)21(27)13-9-7-8-10-14-25(29)33-3/h13,15-16,18-19H,7-12,14,17H2,1-6H3/b21-13-. The first-order valence-corrected chi connectivity index (χ1v) is 16.0. The minimum Gasteiger partial charge on any atom is -0.493 e. The summed E-state index contributed by atoms with van der Waals surface area (Å²) in [5.74, 6) is 1.06. The summed E-state index contributed by atoms with van der Waals surface area (Å²) in [6.45, 7) is 6.37. The maximum Gasteiger partial charge on any atom is 0.305 e. The third-order valence-corrected chi connectivity index (χ3v) is 7.15. The van der Waals surface area contributed by atoms with E-state index >= 15 is 0 Å². The molecule has 1 atom stereocenters. The minimum atomic E-state index is -2.01. The van der Waals surface area contributed by atoms with E-state index in [1.54, 1.807) is 14.2 Å². The number of Topliss-reactive ketones (excluding diaryl/α,β-unsaturated/α-hetero) is 1. The molecule has 1 aromatic rings. The molecule has 35 heavy (non-hydrogen) atoms. The molecule has 0 aromatic heterocycles. The van der Waals surface area contributed by atoms with E-state index in [1.165, 1.54) is 7.11 Å². The van der Waals surface area contributed by atoms with Crippen molar-refractivity contribution < 1.29 is 28.2 Å². The second-order valence-corrected chi connectivity index (χ2v) is 14.6. The van der Waals surface area contributed by atoms with Gasteiger partial charge in [0.2, 0.25) is 5.78 Å². The lowest BCUT2D eigenvalue weighted by Gasteiger charge is -2.36. The predicted octanol–water partition coefficient (Wildman–Crippen LogP) is 6.37. The first-order chi connectivity index (χ1) is 16.5. The van der Waals surface area contributed by atoms with Crippen molar-refractivity contribution in [2.45, 2.75) is 76.6 Å². The summed E-state index contributed by atoms with van der Waals surface area (Å²) in [6.07, 6.45) is 9.74. The molecule has 0 saturated carbocycles. The predicted molar refractivity (Wildman–Crippen MR) is 142 cm³/mol. The highest BCUT2D eigenvalue weighted by molar-refractivity contribution is 6.70. The average molecular weight is 523 g/mol. The zero-order chi connectivity index (χ0) is 26.1. The van der Waals surface area contributed by atoms with Crippen LogP contribution in [0.3, 0.4) is 0 Å². The molecule has 1 aromatic carbocycles. The van der Waals surface area contributed by atoms with Crippen LogP contribution in [0.2, 0.25) is 19.6 Å². The SMILES string of the molecule is COC(=O)CCCCC/C=C1/C(=O)C(Cl)=CC1(CCCc1ccc(OC)c(OC)c1)O[Si](C)(C)C. The molecule has 8 heteroatoms. The Kier molecular flexibility index (Phi) is 11.1. The van der Waals surface area contributed by atoms with Gasteiger partial charge in [0, 0.05) is 12.0 Å². The molecule has 6 nitrogen and oxygen atoms in total. The maximum atomic E-state index is 13.0. The number of halogens is 1. The van der Waals surface area contributed by atoms with Gasteiger partial charge < -0.3 is 18.6 Å². The van der Waals surface area contributed by atoms with Crippen LogP contribution in [0.5, 0.6) is 11.5 Å². The van der Waals surface area contributed by atoms with Gasteiger partial charge in [0.25, 0.3) is 0 Å². The van der Waals surface area contributed by atoms with E-state index in [9.17, 15) is 9.59 Å². The summed E-state index contributed by atoms with van der Waals surface area (Å²) in [5.41, 5.74) is 0.966. The van der Waals surface area contributed by atoms with Gasteiger partial charge in [-0.3, -0.25) is 9.59 Å². The summed E-state index contributed by atoms with van der Waals surface area (Å²) < 4.78 is 22.1. The molecule has 1 unspecified atom stereocenters. The van der Waals surface area contributed by atoms with E-state index in [4.69, 9.17) is 25.5 Å². The Balaban J connectivity index is 2.14.